The van der Waals surface area contributed by atoms with Crippen LogP contribution in [0, 0.1) is 0 Å². The third-order valence-corrected chi connectivity index (χ3v) is 1.91. The Morgan fingerprint density at radius 3 is 2.23 bits per heavy atom. The Bertz CT molecular complexity index is 290. The number of benzene rings is 1. The van der Waals surface area contributed by atoms with Crippen molar-refractivity contribution in [1.82, 2.24) is 0 Å². The molecule has 0 N–H and O–H groups in total. The first-order valence-electron chi connectivity index (χ1n) is 4.06. The minimum absolute atomic E-state index is 0.108. The quantitative estimate of drug-likeness (QED) is 0.763. The summed E-state index contributed by atoms with van der Waals surface area (Å²) in [6.45, 7) is 3.92. The van der Waals surface area contributed by atoms with E-state index < -0.39 is 0 Å². The second-order valence-electron chi connectivity index (χ2n) is 2.96. The molecule has 0 amide bonds. The molecule has 0 saturated heterocycles. The lowest BCUT2D eigenvalue weighted by Gasteiger charge is -2.08. The normalized spacial score (nSPS) is 10.2. The molecule has 0 spiro atoms. The lowest BCUT2D eigenvalue weighted by molar-refractivity contribution is 0.109. The summed E-state index contributed by atoms with van der Waals surface area (Å²) in [6.07, 6.45) is 0.158. The molecule has 70 valence electrons. The number of halogens is 1. The lowest BCUT2D eigenvalue weighted by atomic mass is 10.2. The Morgan fingerprint density at radius 1 is 1.31 bits per heavy atom. The fourth-order valence-electron chi connectivity index (χ4n) is 0.937. The molecule has 0 atom stereocenters. The number of hydrogen-bond acceptors (Lipinski definition) is 2. The van der Waals surface area contributed by atoms with Crippen molar-refractivity contribution in [2.45, 2.75) is 20.0 Å². The van der Waals surface area contributed by atoms with Crippen LogP contribution in [-0.2, 0) is 0 Å². The highest BCUT2D eigenvalue weighted by Crippen LogP contribution is 2.15. The van der Waals surface area contributed by atoms with E-state index in [1.807, 2.05) is 13.8 Å². The molecule has 0 unspecified atom stereocenters. The van der Waals surface area contributed by atoms with Gasteiger partial charge in [-0.1, -0.05) is 0 Å². The third kappa shape index (κ3) is 3.19. The van der Waals surface area contributed by atoms with E-state index in [-0.39, 0.29) is 10.8 Å². The smallest absolute Gasteiger partial charge is 0.228 e. The highest BCUT2D eigenvalue weighted by atomic mass is 79.9. The molecule has 1 aromatic carbocycles. The van der Waals surface area contributed by atoms with E-state index >= 15 is 0 Å². The van der Waals surface area contributed by atoms with Gasteiger partial charge in [-0.15, -0.1) is 0 Å². The summed E-state index contributed by atoms with van der Waals surface area (Å²) < 4.78 is 5.31. The fourth-order valence-corrected chi connectivity index (χ4v) is 1.20. The maximum atomic E-state index is 10.9. The molecule has 1 aromatic rings. The van der Waals surface area contributed by atoms with Crippen molar-refractivity contribution in [3.8, 4) is 5.75 Å². The van der Waals surface area contributed by atoms with Gasteiger partial charge in [0.25, 0.3) is 0 Å². The summed E-state index contributed by atoms with van der Waals surface area (Å²) in [4.78, 5) is 10.9. The van der Waals surface area contributed by atoms with Gasteiger partial charge in [-0.05, 0) is 54.0 Å². The van der Waals surface area contributed by atoms with E-state index in [4.69, 9.17) is 4.74 Å². The van der Waals surface area contributed by atoms with Gasteiger partial charge >= 0.3 is 0 Å². The van der Waals surface area contributed by atoms with Crippen LogP contribution in [0.25, 0.3) is 0 Å². The largest absolute Gasteiger partial charge is 0.491 e. The van der Waals surface area contributed by atoms with Crippen LogP contribution in [0.1, 0.15) is 24.2 Å². The standard InChI is InChI=1S/C10H11BrO2/c1-7(2)13-9-5-3-8(4-6-9)10(11)12/h3-7H,1-2H3. The Morgan fingerprint density at radius 2 is 1.85 bits per heavy atom. The topological polar surface area (TPSA) is 26.3 Å². The third-order valence-electron chi connectivity index (χ3n) is 1.45. The molecule has 0 heterocycles. The maximum Gasteiger partial charge on any atom is 0.228 e. The molecule has 13 heavy (non-hydrogen) atoms. The number of carbonyl (C=O) groups excluding carboxylic acids is 1. The minimum atomic E-state index is -0.108. The maximum absolute atomic E-state index is 10.9. The average Bonchev–Trinajstić information content (AvgIpc) is 2.04. The van der Waals surface area contributed by atoms with Crippen molar-refractivity contribution in [2.24, 2.45) is 0 Å². The zero-order valence-corrected chi connectivity index (χ0v) is 9.17. The van der Waals surface area contributed by atoms with E-state index in [1.54, 1.807) is 24.3 Å². The van der Waals surface area contributed by atoms with E-state index in [0.29, 0.717) is 5.56 Å². The van der Waals surface area contributed by atoms with Gasteiger partial charge in [0.1, 0.15) is 5.75 Å². The second kappa shape index (κ2) is 4.42. The van der Waals surface area contributed by atoms with Crippen molar-refractivity contribution >= 4 is 20.6 Å². The molecule has 0 fully saturated rings. The average molecular weight is 243 g/mol. The van der Waals surface area contributed by atoms with E-state index in [2.05, 4.69) is 15.9 Å². The minimum Gasteiger partial charge on any atom is -0.491 e. The number of ether oxygens (including phenoxy) is 1. The van der Waals surface area contributed by atoms with Crippen LogP contribution in [-0.4, -0.2) is 10.8 Å². The summed E-state index contributed by atoms with van der Waals surface area (Å²) >= 11 is 2.88. The molecule has 0 radical (unpaired) electrons. The molecule has 0 aliphatic carbocycles. The van der Waals surface area contributed by atoms with Crippen LogP contribution < -0.4 is 4.74 Å². The molecule has 0 aliphatic rings. The summed E-state index contributed by atoms with van der Waals surface area (Å²) in [7, 11) is 0. The van der Waals surface area contributed by atoms with Gasteiger partial charge in [0.2, 0.25) is 4.69 Å². The first-order chi connectivity index (χ1) is 6.09. The van der Waals surface area contributed by atoms with E-state index in [1.165, 1.54) is 0 Å². The molecule has 2 nitrogen and oxygen atoms in total. The van der Waals surface area contributed by atoms with Crippen LogP contribution in [0.5, 0.6) is 5.75 Å². The zero-order valence-electron chi connectivity index (χ0n) is 7.58. The van der Waals surface area contributed by atoms with Gasteiger partial charge in [-0.3, -0.25) is 4.79 Å². The highest BCUT2D eigenvalue weighted by Gasteiger charge is 2.01. The summed E-state index contributed by atoms with van der Waals surface area (Å²) in [5.41, 5.74) is 0.635. The van der Waals surface area contributed by atoms with Crippen LogP contribution >= 0.6 is 15.9 Å². The summed E-state index contributed by atoms with van der Waals surface area (Å²) in [5, 5.41) is 0. The summed E-state index contributed by atoms with van der Waals surface area (Å²) in [5.74, 6) is 0.785. The highest BCUT2D eigenvalue weighted by molar-refractivity contribution is 9.18. The first-order valence-corrected chi connectivity index (χ1v) is 4.85. The molecule has 3 heteroatoms. The van der Waals surface area contributed by atoms with Crippen molar-refractivity contribution in [3.63, 3.8) is 0 Å². The van der Waals surface area contributed by atoms with Gasteiger partial charge < -0.3 is 4.74 Å². The molecule has 0 saturated carbocycles. The number of carbonyl (C=O) groups is 1. The monoisotopic (exact) mass is 242 g/mol. The predicted molar refractivity (Wildman–Crippen MR) is 55.5 cm³/mol. The van der Waals surface area contributed by atoms with Crippen molar-refractivity contribution in [3.05, 3.63) is 29.8 Å². The SMILES string of the molecule is CC(C)Oc1ccc(C(=O)Br)cc1. The Kier molecular flexibility index (Phi) is 3.48. The Labute approximate surface area is 86.0 Å². The summed E-state index contributed by atoms with van der Waals surface area (Å²) in [6, 6.07) is 7.03. The van der Waals surface area contributed by atoms with Crippen molar-refractivity contribution in [1.29, 1.82) is 0 Å². The molecular weight excluding hydrogens is 232 g/mol. The van der Waals surface area contributed by atoms with Gasteiger partial charge in [0.15, 0.2) is 0 Å². The van der Waals surface area contributed by atoms with Gasteiger partial charge in [0.05, 0.1) is 6.10 Å². The van der Waals surface area contributed by atoms with Crippen molar-refractivity contribution in [2.75, 3.05) is 0 Å². The number of hydrogen-bond donors (Lipinski definition) is 0. The number of rotatable bonds is 3. The predicted octanol–water partition coefficient (Wildman–Crippen LogP) is 3.01. The van der Waals surface area contributed by atoms with Gasteiger partial charge in [-0.25, -0.2) is 0 Å². The Hall–Kier alpha value is -0.830. The van der Waals surface area contributed by atoms with Crippen LogP contribution in [0.3, 0.4) is 0 Å². The molecule has 1 rings (SSSR count). The van der Waals surface area contributed by atoms with Crippen LogP contribution in [0.15, 0.2) is 24.3 Å². The molecule has 0 aromatic heterocycles. The Balaban J connectivity index is 2.75. The van der Waals surface area contributed by atoms with Gasteiger partial charge in [-0.2, -0.15) is 0 Å². The molecule has 0 bridgehead atoms. The van der Waals surface area contributed by atoms with Crippen LogP contribution in [0.2, 0.25) is 0 Å². The molecule has 0 aliphatic heterocycles. The van der Waals surface area contributed by atoms with E-state index in [0.717, 1.165) is 5.75 Å². The van der Waals surface area contributed by atoms with Crippen LogP contribution in [0.4, 0.5) is 0 Å². The molecular formula is C10H11BrO2. The second-order valence-corrected chi connectivity index (χ2v) is 3.68. The fraction of sp³-hybridized carbons (Fsp3) is 0.300. The zero-order chi connectivity index (χ0) is 9.84. The first kappa shape index (κ1) is 10.3. The van der Waals surface area contributed by atoms with Gasteiger partial charge in [0, 0.05) is 5.56 Å². The van der Waals surface area contributed by atoms with Crippen molar-refractivity contribution < 1.29 is 9.53 Å². The van der Waals surface area contributed by atoms with E-state index in [9.17, 15) is 4.79 Å². The lowest BCUT2D eigenvalue weighted by Crippen LogP contribution is -2.05.